The molecule has 0 saturated heterocycles. The maximum atomic E-state index is 12.3. The first-order valence-electron chi connectivity index (χ1n) is 8.13. The molecule has 1 atom stereocenters. The molecule has 9 nitrogen and oxygen atoms in total. The Morgan fingerprint density at radius 1 is 1.08 bits per heavy atom. The first-order valence-corrected chi connectivity index (χ1v) is 8.13. The highest BCUT2D eigenvalue weighted by Crippen LogP contribution is 2.13. The van der Waals surface area contributed by atoms with Crippen molar-refractivity contribution in [2.45, 2.75) is 19.5 Å². The number of pyridine rings is 1. The van der Waals surface area contributed by atoms with Gasteiger partial charge in [-0.3, -0.25) is 9.20 Å². The van der Waals surface area contributed by atoms with Crippen molar-refractivity contribution in [3.05, 3.63) is 60.6 Å². The standard InChI is InChI=1S/C17H16N8O/c1-12(17-21-19-14-9-5-6-10-24(14)17)18-15(26)11-25-22-16(20-23-25)13-7-3-2-4-8-13/h2-10,12H,11H2,1H3,(H,18,26). The van der Waals surface area contributed by atoms with Crippen LogP contribution in [0.1, 0.15) is 18.8 Å². The summed E-state index contributed by atoms with van der Waals surface area (Å²) in [5.74, 6) is 0.905. The number of aromatic nitrogens is 7. The lowest BCUT2D eigenvalue weighted by atomic mass is 10.2. The quantitative estimate of drug-likeness (QED) is 0.582. The Bertz CT molecular complexity index is 1040. The van der Waals surface area contributed by atoms with Gasteiger partial charge in [-0.25, -0.2) is 0 Å². The largest absolute Gasteiger partial charge is 0.345 e. The van der Waals surface area contributed by atoms with Crippen LogP contribution in [-0.2, 0) is 11.3 Å². The van der Waals surface area contributed by atoms with Crippen LogP contribution >= 0.6 is 0 Å². The van der Waals surface area contributed by atoms with E-state index in [4.69, 9.17) is 0 Å². The zero-order chi connectivity index (χ0) is 17.9. The van der Waals surface area contributed by atoms with E-state index in [0.29, 0.717) is 11.6 Å². The van der Waals surface area contributed by atoms with Crippen molar-refractivity contribution in [3.8, 4) is 11.4 Å². The Morgan fingerprint density at radius 3 is 2.73 bits per heavy atom. The molecule has 0 fully saturated rings. The van der Waals surface area contributed by atoms with Crippen molar-refractivity contribution in [2.24, 2.45) is 0 Å². The van der Waals surface area contributed by atoms with Gasteiger partial charge in [0.2, 0.25) is 11.7 Å². The monoisotopic (exact) mass is 348 g/mol. The van der Waals surface area contributed by atoms with Crippen molar-refractivity contribution < 1.29 is 4.79 Å². The van der Waals surface area contributed by atoms with E-state index in [2.05, 4.69) is 30.9 Å². The van der Waals surface area contributed by atoms with Gasteiger partial charge in [0, 0.05) is 11.8 Å². The number of carbonyl (C=O) groups excluding carboxylic acids is 1. The fraction of sp³-hybridized carbons (Fsp3) is 0.176. The lowest BCUT2D eigenvalue weighted by Gasteiger charge is -2.11. The summed E-state index contributed by atoms with van der Waals surface area (Å²) in [4.78, 5) is 13.6. The molecule has 3 aromatic heterocycles. The molecule has 1 amide bonds. The highest BCUT2D eigenvalue weighted by molar-refractivity contribution is 5.75. The minimum absolute atomic E-state index is 0.0269. The van der Waals surface area contributed by atoms with Gasteiger partial charge in [-0.15, -0.1) is 20.4 Å². The number of amides is 1. The highest BCUT2D eigenvalue weighted by Gasteiger charge is 2.17. The first kappa shape index (κ1) is 15.9. The van der Waals surface area contributed by atoms with Crippen molar-refractivity contribution in [3.63, 3.8) is 0 Å². The number of fused-ring (bicyclic) bond motifs is 1. The lowest BCUT2D eigenvalue weighted by Crippen LogP contribution is -2.31. The number of carbonyl (C=O) groups is 1. The molecule has 0 bridgehead atoms. The molecule has 130 valence electrons. The summed E-state index contributed by atoms with van der Waals surface area (Å²) in [5.41, 5.74) is 1.58. The topological polar surface area (TPSA) is 103 Å². The molecular formula is C17H16N8O. The number of tetrazole rings is 1. The number of benzene rings is 1. The Kier molecular flexibility index (Phi) is 4.10. The van der Waals surface area contributed by atoms with Crippen LogP contribution in [0.3, 0.4) is 0 Å². The van der Waals surface area contributed by atoms with Gasteiger partial charge in [-0.1, -0.05) is 36.4 Å². The normalized spacial score (nSPS) is 12.2. The van der Waals surface area contributed by atoms with Gasteiger partial charge in [-0.05, 0) is 24.3 Å². The maximum Gasteiger partial charge on any atom is 0.244 e. The van der Waals surface area contributed by atoms with Crippen LogP contribution in [0.2, 0.25) is 0 Å². The molecule has 1 aromatic carbocycles. The number of hydrogen-bond acceptors (Lipinski definition) is 6. The van der Waals surface area contributed by atoms with Crippen molar-refractivity contribution in [1.29, 1.82) is 0 Å². The van der Waals surface area contributed by atoms with Gasteiger partial charge in [0.1, 0.15) is 6.54 Å². The minimum Gasteiger partial charge on any atom is -0.345 e. The van der Waals surface area contributed by atoms with Crippen LogP contribution in [0.5, 0.6) is 0 Å². The Morgan fingerprint density at radius 2 is 1.88 bits per heavy atom. The predicted molar refractivity (Wildman–Crippen MR) is 92.8 cm³/mol. The molecule has 1 N–H and O–H groups in total. The first-order chi connectivity index (χ1) is 12.7. The summed E-state index contributed by atoms with van der Waals surface area (Å²) in [5, 5.41) is 23.3. The molecule has 0 aliphatic heterocycles. The summed E-state index contributed by atoms with van der Waals surface area (Å²) in [6, 6.07) is 14.8. The Labute approximate surface area is 148 Å². The SMILES string of the molecule is CC(NC(=O)Cn1nnc(-c2ccccc2)n1)c1nnc2ccccn12. The van der Waals surface area contributed by atoms with Crippen LogP contribution in [0.4, 0.5) is 0 Å². The zero-order valence-electron chi connectivity index (χ0n) is 14.0. The predicted octanol–water partition coefficient (Wildman–Crippen LogP) is 1.26. The smallest absolute Gasteiger partial charge is 0.244 e. The summed E-state index contributed by atoms with van der Waals surface area (Å²) in [6.45, 7) is 1.83. The van der Waals surface area contributed by atoms with Gasteiger partial charge in [0.05, 0.1) is 6.04 Å². The van der Waals surface area contributed by atoms with Gasteiger partial charge < -0.3 is 5.32 Å². The second-order valence-electron chi connectivity index (χ2n) is 5.79. The Hall–Kier alpha value is -3.62. The van der Waals surface area contributed by atoms with E-state index in [0.717, 1.165) is 11.2 Å². The molecule has 1 unspecified atom stereocenters. The van der Waals surface area contributed by atoms with Crippen LogP contribution in [0.25, 0.3) is 17.0 Å². The summed E-state index contributed by atoms with van der Waals surface area (Å²) >= 11 is 0. The summed E-state index contributed by atoms with van der Waals surface area (Å²) in [7, 11) is 0. The van der Waals surface area contributed by atoms with E-state index >= 15 is 0 Å². The minimum atomic E-state index is -0.308. The fourth-order valence-electron chi connectivity index (χ4n) is 2.65. The molecular weight excluding hydrogens is 332 g/mol. The van der Waals surface area contributed by atoms with Crippen LogP contribution in [0.15, 0.2) is 54.7 Å². The number of hydrogen-bond donors (Lipinski definition) is 1. The molecule has 0 aliphatic carbocycles. The number of nitrogens with one attached hydrogen (secondary N) is 1. The fourth-order valence-corrected chi connectivity index (χ4v) is 2.65. The van der Waals surface area contributed by atoms with Gasteiger partial charge in [-0.2, -0.15) is 4.80 Å². The second-order valence-corrected chi connectivity index (χ2v) is 5.79. The van der Waals surface area contributed by atoms with Crippen LogP contribution < -0.4 is 5.32 Å². The molecule has 0 radical (unpaired) electrons. The van der Waals surface area contributed by atoms with Crippen molar-refractivity contribution >= 4 is 11.6 Å². The van der Waals surface area contributed by atoms with Crippen LogP contribution in [0, 0.1) is 0 Å². The average molecular weight is 348 g/mol. The molecule has 3 heterocycles. The number of rotatable bonds is 5. The van der Waals surface area contributed by atoms with Gasteiger partial charge in [0.15, 0.2) is 11.5 Å². The van der Waals surface area contributed by atoms with E-state index in [1.54, 1.807) is 0 Å². The molecule has 4 rings (SSSR count). The maximum absolute atomic E-state index is 12.3. The van der Waals surface area contributed by atoms with E-state index < -0.39 is 0 Å². The van der Waals surface area contributed by atoms with Crippen LogP contribution in [-0.4, -0.2) is 40.7 Å². The molecule has 26 heavy (non-hydrogen) atoms. The average Bonchev–Trinajstić information content (AvgIpc) is 3.29. The molecule has 9 heteroatoms. The lowest BCUT2D eigenvalue weighted by molar-refractivity contribution is -0.122. The third-order valence-corrected chi connectivity index (χ3v) is 3.87. The third kappa shape index (κ3) is 3.14. The molecule has 0 aliphatic rings. The van der Waals surface area contributed by atoms with E-state index in [-0.39, 0.29) is 18.5 Å². The molecule has 0 saturated carbocycles. The zero-order valence-corrected chi connectivity index (χ0v) is 14.0. The Balaban J connectivity index is 1.43. The van der Waals surface area contributed by atoms with E-state index in [1.807, 2.05) is 66.1 Å². The highest BCUT2D eigenvalue weighted by atomic mass is 16.2. The number of nitrogens with zero attached hydrogens (tertiary/aromatic N) is 7. The second kappa shape index (κ2) is 6.71. The van der Waals surface area contributed by atoms with E-state index in [1.165, 1.54) is 4.80 Å². The summed E-state index contributed by atoms with van der Waals surface area (Å²) in [6.07, 6.45) is 1.86. The summed E-state index contributed by atoms with van der Waals surface area (Å²) < 4.78 is 1.84. The molecule has 0 spiro atoms. The van der Waals surface area contributed by atoms with Gasteiger partial charge in [0.25, 0.3) is 0 Å². The van der Waals surface area contributed by atoms with Crippen molar-refractivity contribution in [2.75, 3.05) is 0 Å². The van der Waals surface area contributed by atoms with Gasteiger partial charge >= 0.3 is 0 Å². The molecule has 4 aromatic rings. The third-order valence-electron chi connectivity index (χ3n) is 3.87. The van der Waals surface area contributed by atoms with Crippen molar-refractivity contribution in [1.82, 2.24) is 40.1 Å². The van der Waals surface area contributed by atoms with E-state index in [9.17, 15) is 4.79 Å².